The summed E-state index contributed by atoms with van der Waals surface area (Å²) in [5, 5.41) is 4.80. The molecule has 3 heterocycles. The van der Waals surface area contributed by atoms with Crippen LogP contribution in [0.25, 0.3) is 0 Å². The van der Waals surface area contributed by atoms with Gasteiger partial charge in [-0.3, -0.25) is 0 Å². The number of likely N-dealkylation sites (tertiary alicyclic amines) is 1. The van der Waals surface area contributed by atoms with E-state index in [0.717, 1.165) is 31.3 Å². The molecule has 0 bridgehead atoms. The lowest BCUT2D eigenvalue weighted by molar-refractivity contribution is 0.164. The molecule has 106 valence electrons. The minimum Gasteiger partial charge on any atom is -0.300 e. The highest BCUT2D eigenvalue weighted by molar-refractivity contribution is 5.04. The van der Waals surface area contributed by atoms with Crippen LogP contribution >= 0.6 is 0 Å². The highest BCUT2D eigenvalue weighted by Crippen LogP contribution is 2.27. The van der Waals surface area contributed by atoms with Gasteiger partial charge in [-0.25, -0.2) is 9.67 Å². The van der Waals surface area contributed by atoms with Crippen LogP contribution in [-0.2, 0) is 13.0 Å². The number of rotatable bonds is 2. The van der Waals surface area contributed by atoms with Crippen LogP contribution < -0.4 is 0 Å². The number of hydrogen-bond acceptors (Lipinski definition) is 3. The number of aromatic nitrogens is 3. The predicted molar refractivity (Wildman–Crippen MR) is 76.2 cm³/mol. The van der Waals surface area contributed by atoms with Gasteiger partial charge in [0.25, 0.3) is 0 Å². The van der Waals surface area contributed by atoms with Crippen LogP contribution in [0.3, 0.4) is 0 Å². The van der Waals surface area contributed by atoms with Crippen LogP contribution in [0, 0.1) is 5.92 Å². The average molecular weight is 262 g/mol. The molecule has 1 aromatic heterocycles. The molecule has 2 unspecified atom stereocenters. The Balaban J connectivity index is 1.75. The van der Waals surface area contributed by atoms with Crippen molar-refractivity contribution in [3.8, 4) is 0 Å². The second-order valence-corrected chi connectivity index (χ2v) is 6.64. The Morgan fingerprint density at radius 2 is 2.05 bits per heavy atom. The van der Waals surface area contributed by atoms with Gasteiger partial charge in [-0.1, -0.05) is 6.92 Å². The van der Waals surface area contributed by atoms with Gasteiger partial charge >= 0.3 is 0 Å². The van der Waals surface area contributed by atoms with Gasteiger partial charge in [0.05, 0.1) is 0 Å². The molecule has 3 rings (SSSR count). The number of hydrogen-bond donors (Lipinski definition) is 0. The van der Waals surface area contributed by atoms with Gasteiger partial charge < -0.3 is 4.90 Å². The van der Waals surface area contributed by atoms with E-state index in [1.807, 2.05) is 0 Å². The van der Waals surface area contributed by atoms with Gasteiger partial charge in [-0.2, -0.15) is 5.10 Å². The predicted octanol–water partition coefficient (Wildman–Crippen LogP) is 2.45. The molecule has 2 aliphatic rings. The van der Waals surface area contributed by atoms with E-state index in [4.69, 9.17) is 10.1 Å². The zero-order valence-electron chi connectivity index (χ0n) is 12.5. The summed E-state index contributed by atoms with van der Waals surface area (Å²) >= 11 is 0. The van der Waals surface area contributed by atoms with Gasteiger partial charge in [0.1, 0.15) is 5.82 Å². The normalized spacial score (nSPS) is 28.6. The number of piperidine rings is 1. The van der Waals surface area contributed by atoms with Crippen molar-refractivity contribution in [3.63, 3.8) is 0 Å². The molecule has 0 N–H and O–H groups in total. The molecule has 4 nitrogen and oxygen atoms in total. The number of fused-ring (bicyclic) bond motifs is 1. The summed E-state index contributed by atoms with van der Waals surface area (Å²) in [4.78, 5) is 7.39. The molecule has 0 saturated carbocycles. The smallest absolute Gasteiger partial charge is 0.155 e. The van der Waals surface area contributed by atoms with Crippen molar-refractivity contribution < 1.29 is 0 Å². The van der Waals surface area contributed by atoms with Gasteiger partial charge in [0.2, 0.25) is 0 Å². The van der Waals surface area contributed by atoms with Crippen molar-refractivity contribution in [2.75, 3.05) is 13.1 Å². The molecule has 1 saturated heterocycles. The van der Waals surface area contributed by atoms with Crippen LogP contribution in [0.5, 0.6) is 0 Å². The lowest BCUT2D eigenvalue weighted by Crippen LogP contribution is -2.39. The Morgan fingerprint density at radius 1 is 1.21 bits per heavy atom. The zero-order chi connectivity index (χ0) is 13.4. The Labute approximate surface area is 116 Å². The summed E-state index contributed by atoms with van der Waals surface area (Å²) < 4.78 is 2.16. The fourth-order valence-electron chi connectivity index (χ4n) is 3.35. The van der Waals surface area contributed by atoms with Crippen molar-refractivity contribution in [3.05, 3.63) is 11.6 Å². The van der Waals surface area contributed by atoms with E-state index in [-0.39, 0.29) is 0 Å². The summed E-state index contributed by atoms with van der Waals surface area (Å²) in [7, 11) is 0. The molecule has 4 heteroatoms. The molecule has 1 aromatic rings. The summed E-state index contributed by atoms with van der Waals surface area (Å²) in [6.07, 6.45) is 4.90. The second kappa shape index (κ2) is 5.23. The first-order valence-electron chi connectivity index (χ1n) is 7.81. The van der Waals surface area contributed by atoms with Crippen molar-refractivity contribution in [2.24, 2.45) is 5.92 Å². The summed E-state index contributed by atoms with van der Waals surface area (Å²) in [5.41, 5.74) is 0. The molecular formula is C15H26N4. The van der Waals surface area contributed by atoms with E-state index >= 15 is 0 Å². The third-order valence-electron chi connectivity index (χ3n) is 4.66. The van der Waals surface area contributed by atoms with E-state index in [2.05, 4.69) is 30.4 Å². The molecule has 19 heavy (non-hydrogen) atoms. The standard InChI is InChI=1S/C15H26N4/c1-11(2)18-8-4-5-13(10-18)15-16-14-7-6-12(3)9-19(14)17-15/h11-13H,4-10H2,1-3H3. The highest BCUT2D eigenvalue weighted by atomic mass is 15.4. The van der Waals surface area contributed by atoms with Crippen molar-refractivity contribution in [2.45, 2.75) is 65.0 Å². The average Bonchev–Trinajstić information content (AvgIpc) is 2.81. The van der Waals surface area contributed by atoms with Crippen LogP contribution in [0.4, 0.5) is 0 Å². The monoisotopic (exact) mass is 262 g/mol. The minimum absolute atomic E-state index is 0.546. The number of aryl methyl sites for hydroxylation is 1. The van der Waals surface area contributed by atoms with Gasteiger partial charge in [0.15, 0.2) is 5.82 Å². The molecule has 2 atom stereocenters. The Kier molecular flexibility index (Phi) is 3.61. The van der Waals surface area contributed by atoms with Gasteiger partial charge in [-0.15, -0.1) is 0 Å². The fourth-order valence-corrected chi connectivity index (χ4v) is 3.35. The quantitative estimate of drug-likeness (QED) is 0.821. The van der Waals surface area contributed by atoms with Crippen LogP contribution in [0.1, 0.15) is 57.6 Å². The van der Waals surface area contributed by atoms with E-state index in [1.54, 1.807) is 0 Å². The lowest BCUT2D eigenvalue weighted by Gasteiger charge is -2.34. The summed E-state index contributed by atoms with van der Waals surface area (Å²) in [6, 6.07) is 0.639. The van der Waals surface area contributed by atoms with Crippen LogP contribution in [-0.4, -0.2) is 38.8 Å². The SMILES string of the molecule is CC1CCc2nc(C3CCCN(C(C)C)C3)nn2C1. The Bertz CT molecular complexity index is 437. The highest BCUT2D eigenvalue weighted by Gasteiger charge is 2.27. The molecule has 0 aromatic carbocycles. The van der Waals surface area contributed by atoms with Gasteiger partial charge in [0, 0.05) is 31.5 Å². The van der Waals surface area contributed by atoms with E-state index in [0.29, 0.717) is 12.0 Å². The van der Waals surface area contributed by atoms with E-state index in [1.165, 1.54) is 31.6 Å². The zero-order valence-corrected chi connectivity index (χ0v) is 12.5. The van der Waals surface area contributed by atoms with Crippen molar-refractivity contribution in [1.82, 2.24) is 19.7 Å². The first-order valence-corrected chi connectivity index (χ1v) is 7.81. The summed E-state index contributed by atoms with van der Waals surface area (Å²) in [6.45, 7) is 10.3. The largest absolute Gasteiger partial charge is 0.300 e. The maximum atomic E-state index is 4.83. The number of nitrogens with zero attached hydrogens (tertiary/aromatic N) is 4. The third-order valence-corrected chi connectivity index (χ3v) is 4.66. The lowest BCUT2D eigenvalue weighted by atomic mass is 9.96. The fraction of sp³-hybridized carbons (Fsp3) is 0.867. The topological polar surface area (TPSA) is 34.0 Å². The molecule has 2 aliphatic heterocycles. The van der Waals surface area contributed by atoms with Crippen molar-refractivity contribution >= 4 is 0 Å². The van der Waals surface area contributed by atoms with E-state index < -0.39 is 0 Å². The van der Waals surface area contributed by atoms with E-state index in [9.17, 15) is 0 Å². The first kappa shape index (κ1) is 13.1. The molecule has 0 amide bonds. The Morgan fingerprint density at radius 3 is 2.84 bits per heavy atom. The molecule has 1 fully saturated rings. The molecule has 0 aliphatic carbocycles. The molecular weight excluding hydrogens is 236 g/mol. The maximum Gasteiger partial charge on any atom is 0.155 e. The molecule has 0 spiro atoms. The first-order chi connectivity index (χ1) is 9.13. The van der Waals surface area contributed by atoms with Crippen molar-refractivity contribution in [1.29, 1.82) is 0 Å². The minimum atomic E-state index is 0.546. The summed E-state index contributed by atoms with van der Waals surface area (Å²) in [5.74, 6) is 3.62. The van der Waals surface area contributed by atoms with Gasteiger partial charge in [-0.05, 0) is 45.6 Å². The van der Waals surface area contributed by atoms with Crippen LogP contribution in [0.15, 0.2) is 0 Å². The Hall–Kier alpha value is -0.900. The maximum absolute atomic E-state index is 4.83. The molecule has 0 radical (unpaired) electrons. The third kappa shape index (κ3) is 2.69. The van der Waals surface area contributed by atoms with Crippen LogP contribution in [0.2, 0.25) is 0 Å². The second-order valence-electron chi connectivity index (χ2n) is 6.64.